The van der Waals surface area contributed by atoms with Gasteiger partial charge in [-0.15, -0.1) is 0 Å². The van der Waals surface area contributed by atoms with E-state index in [1.807, 2.05) is 32.1 Å². The fraction of sp³-hybridized carbons (Fsp3) is 0.452. The minimum absolute atomic E-state index is 0.102. The highest BCUT2D eigenvalue weighted by Crippen LogP contribution is 2.45. The van der Waals surface area contributed by atoms with Gasteiger partial charge in [0.15, 0.2) is 11.5 Å². The van der Waals surface area contributed by atoms with E-state index in [1.54, 1.807) is 47.4 Å². The molecule has 10 heteroatoms. The Hall–Kier alpha value is -3.56. The number of ether oxygens (including phenoxy) is 4. The number of rotatable bonds is 9. The van der Waals surface area contributed by atoms with Crippen molar-refractivity contribution in [1.29, 1.82) is 0 Å². The van der Waals surface area contributed by atoms with Crippen molar-refractivity contribution < 1.29 is 33.3 Å². The van der Waals surface area contributed by atoms with Crippen LogP contribution in [0.3, 0.4) is 0 Å². The third-order valence-corrected chi connectivity index (χ3v) is 7.34. The number of methoxy groups -OCH3 is 2. The Labute approximate surface area is 245 Å². The number of carbonyl (C=O) groups is 3. The number of esters is 1. The maximum Gasteiger partial charge on any atom is 0.302 e. The molecule has 4 rings (SSSR count). The number of allylic oxidation sites excluding steroid dienone is 1. The molecule has 220 valence electrons. The van der Waals surface area contributed by atoms with Gasteiger partial charge in [0.1, 0.15) is 12.2 Å². The normalized spacial score (nSPS) is 18.9. The van der Waals surface area contributed by atoms with Crippen molar-refractivity contribution in [2.45, 2.75) is 52.2 Å². The van der Waals surface area contributed by atoms with Gasteiger partial charge in [-0.3, -0.25) is 14.4 Å². The van der Waals surface area contributed by atoms with Crippen LogP contribution in [0.1, 0.15) is 57.3 Å². The van der Waals surface area contributed by atoms with Crippen LogP contribution in [0.5, 0.6) is 11.5 Å². The number of nitrogens with zero attached hydrogens (tertiary/aromatic N) is 2. The molecular weight excluding hydrogens is 548 g/mol. The van der Waals surface area contributed by atoms with E-state index in [0.29, 0.717) is 39.9 Å². The quantitative estimate of drug-likeness (QED) is 0.369. The lowest BCUT2D eigenvalue weighted by atomic mass is 9.92. The van der Waals surface area contributed by atoms with Crippen molar-refractivity contribution in [1.82, 2.24) is 4.90 Å². The van der Waals surface area contributed by atoms with Crippen molar-refractivity contribution >= 4 is 35.1 Å². The van der Waals surface area contributed by atoms with Crippen molar-refractivity contribution in [3.05, 3.63) is 64.8 Å². The Morgan fingerprint density at radius 1 is 1.12 bits per heavy atom. The summed E-state index contributed by atoms with van der Waals surface area (Å²) in [5.41, 5.74) is 1.22. The van der Waals surface area contributed by atoms with E-state index in [1.165, 1.54) is 14.0 Å². The van der Waals surface area contributed by atoms with E-state index in [-0.39, 0.29) is 31.4 Å². The summed E-state index contributed by atoms with van der Waals surface area (Å²) in [6, 6.07) is 10.7. The lowest BCUT2D eigenvalue weighted by molar-refractivity contribution is -0.144. The van der Waals surface area contributed by atoms with Crippen LogP contribution in [0.2, 0.25) is 5.02 Å². The number of anilines is 1. The van der Waals surface area contributed by atoms with Gasteiger partial charge in [-0.05, 0) is 37.1 Å². The molecule has 9 nitrogen and oxygen atoms in total. The molecule has 2 heterocycles. The smallest absolute Gasteiger partial charge is 0.302 e. The van der Waals surface area contributed by atoms with Crippen LogP contribution in [0.4, 0.5) is 5.69 Å². The first-order valence-corrected chi connectivity index (χ1v) is 14.0. The van der Waals surface area contributed by atoms with Crippen LogP contribution in [0.25, 0.3) is 0 Å². The van der Waals surface area contributed by atoms with Gasteiger partial charge in [0.25, 0.3) is 5.91 Å². The molecular formula is C31H37ClN2O7. The topological polar surface area (TPSA) is 94.6 Å². The van der Waals surface area contributed by atoms with E-state index >= 15 is 0 Å². The van der Waals surface area contributed by atoms with Crippen LogP contribution in [0.15, 0.2) is 48.7 Å². The van der Waals surface area contributed by atoms with Gasteiger partial charge in [-0.25, -0.2) is 0 Å². The summed E-state index contributed by atoms with van der Waals surface area (Å²) in [5.74, 6) is -0.0368. The van der Waals surface area contributed by atoms with Gasteiger partial charge in [0.2, 0.25) is 5.91 Å². The summed E-state index contributed by atoms with van der Waals surface area (Å²) in [6.07, 6.45) is 3.39. The van der Waals surface area contributed by atoms with Gasteiger partial charge < -0.3 is 28.7 Å². The summed E-state index contributed by atoms with van der Waals surface area (Å²) in [4.78, 5) is 42.5. The second-order valence-corrected chi connectivity index (χ2v) is 11.4. The van der Waals surface area contributed by atoms with Crippen molar-refractivity contribution in [3.63, 3.8) is 0 Å². The molecule has 2 atom stereocenters. The molecule has 0 fully saturated rings. The Bertz CT molecular complexity index is 1330. The van der Waals surface area contributed by atoms with Crippen LogP contribution >= 0.6 is 11.6 Å². The standard InChI is InChI=1S/C31H37ClN2O7/c1-20(35)40-19-31(2,3)18-34-24-13-12-21(32)16-23(24)28(22-10-9-11-25(38-4)29(22)39-5)41-26(30(34)37)17-27(36)33-14-7-6-8-15-33/h7,9-14,16,26,28H,6,8,15,17-19H2,1-5H3/t26-,28-/m1/s1. The molecule has 0 unspecified atom stereocenters. The lowest BCUT2D eigenvalue weighted by Gasteiger charge is -2.33. The summed E-state index contributed by atoms with van der Waals surface area (Å²) < 4.78 is 23.2. The van der Waals surface area contributed by atoms with E-state index in [4.69, 9.17) is 30.5 Å². The molecule has 0 N–H and O–H groups in total. The predicted molar refractivity (Wildman–Crippen MR) is 155 cm³/mol. The highest BCUT2D eigenvalue weighted by Gasteiger charge is 2.41. The zero-order valence-electron chi connectivity index (χ0n) is 24.1. The lowest BCUT2D eigenvalue weighted by Crippen LogP contribution is -2.47. The van der Waals surface area contributed by atoms with Gasteiger partial charge in [-0.1, -0.05) is 43.7 Å². The number of para-hydroxylation sites is 1. The van der Waals surface area contributed by atoms with Crippen LogP contribution in [-0.4, -0.2) is 62.7 Å². The third kappa shape index (κ3) is 7.02. The Kier molecular flexibility index (Phi) is 9.60. The first-order chi connectivity index (χ1) is 19.5. The fourth-order valence-electron chi connectivity index (χ4n) is 5.14. The summed E-state index contributed by atoms with van der Waals surface area (Å²) in [6.45, 7) is 6.05. The number of halogens is 1. The number of carbonyl (C=O) groups excluding carboxylic acids is 3. The predicted octanol–water partition coefficient (Wildman–Crippen LogP) is 5.29. The molecule has 0 bridgehead atoms. The number of hydrogen-bond donors (Lipinski definition) is 0. The molecule has 41 heavy (non-hydrogen) atoms. The van der Waals surface area contributed by atoms with Gasteiger partial charge in [0.05, 0.1) is 27.2 Å². The Morgan fingerprint density at radius 3 is 2.56 bits per heavy atom. The molecule has 2 aromatic rings. The van der Waals surface area contributed by atoms with Crippen molar-refractivity contribution in [2.75, 3.05) is 38.8 Å². The first kappa shape index (κ1) is 30.4. The monoisotopic (exact) mass is 584 g/mol. The number of hydrogen-bond acceptors (Lipinski definition) is 7. The average molecular weight is 585 g/mol. The zero-order valence-corrected chi connectivity index (χ0v) is 24.9. The fourth-order valence-corrected chi connectivity index (χ4v) is 5.32. The van der Waals surface area contributed by atoms with Crippen molar-refractivity contribution in [3.8, 4) is 11.5 Å². The van der Waals surface area contributed by atoms with Gasteiger partial charge in [0, 0.05) is 53.5 Å². The molecule has 0 spiro atoms. The van der Waals surface area contributed by atoms with Crippen molar-refractivity contribution in [2.24, 2.45) is 5.41 Å². The molecule has 0 aliphatic carbocycles. The summed E-state index contributed by atoms with van der Waals surface area (Å²) in [7, 11) is 3.08. The summed E-state index contributed by atoms with van der Waals surface area (Å²) in [5, 5.41) is 0.457. The largest absolute Gasteiger partial charge is 0.493 e. The summed E-state index contributed by atoms with van der Waals surface area (Å²) >= 11 is 6.50. The van der Waals surface area contributed by atoms with E-state index in [9.17, 15) is 14.4 Å². The van der Waals surface area contributed by atoms with Gasteiger partial charge in [-0.2, -0.15) is 0 Å². The highest BCUT2D eigenvalue weighted by atomic mass is 35.5. The Balaban J connectivity index is 1.84. The second-order valence-electron chi connectivity index (χ2n) is 11.0. The SMILES string of the molecule is COc1cccc([C@H]2O[C@H](CC(=O)N3C=CCCC3)C(=O)N(CC(C)(C)COC(C)=O)c3ccc(Cl)cc32)c1OC. The highest BCUT2D eigenvalue weighted by molar-refractivity contribution is 6.30. The molecule has 0 saturated heterocycles. The number of amides is 2. The van der Waals surface area contributed by atoms with Crippen LogP contribution < -0.4 is 14.4 Å². The maximum atomic E-state index is 14.3. The second kappa shape index (κ2) is 13.0. The molecule has 0 saturated carbocycles. The minimum Gasteiger partial charge on any atom is -0.493 e. The molecule has 2 aromatic carbocycles. The first-order valence-electron chi connectivity index (χ1n) is 13.6. The van der Waals surface area contributed by atoms with Crippen LogP contribution in [0, 0.1) is 5.41 Å². The number of benzene rings is 2. The minimum atomic E-state index is -1.12. The zero-order chi connectivity index (χ0) is 29.7. The van der Waals surface area contributed by atoms with Gasteiger partial charge >= 0.3 is 5.97 Å². The van der Waals surface area contributed by atoms with Crippen LogP contribution in [-0.2, 0) is 23.9 Å². The molecule has 2 aliphatic rings. The molecule has 2 aliphatic heterocycles. The van der Waals surface area contributed by atoms with E-state index in [0.717, 1.165) is 12.8 Å². The molecule has 0 radical (unpaired) electrons. The van der Waals surface area contributed by atoms with E-state index in [2.05, 4.69) is 0 Å². The maximum absolute atomic E-state index is 14.3. The average Bonchev–Trinajstić information content (AvgIpc) is 3.06. The molecule has 2 amide bonds. The Morgan fingerprint density at radius 2 is 1.90 bits per heavy atom. The molecule has 0 aromatic heterocycles. The van der Waals surface area contributed by atoms with E-state index < -0.39 is 23.6 Å². The number of fused-ring (bicyclic) bond motifs is 1. The third-order valence-electron chi connectivity index (χ3n) is 7.11.